The molecule has 2 N–H and O–H groups in total. The summed E-state index contributed by atoms with van der Waals surface area (Å²) in [6.07, 6.45) is 2.44. The largest absolute Gasteiger partial charge is 0.461 e. The third kappa shape index (κ3) is 7.36. The monoisotopic (exact) mass is 326 g/mol. The van der Waals surface area contributed by atoms with E-state index in [1.54, 1.807) is 13.8 Å². The minimum atomic E-state index is -0.911. The average Bonchev–Trinajstić information content (AvgIpc) is 3.31. The second-order valence-electron chi connectivity index (χ2n) is 5.93. The van der Waals surface area contributed by atoms with Crippen molar-refractivity contribution in [2.75, 3.05) is 0 Å². The van der Waals surface area contributed by atoms with Gasteiger partial charge in [0.2, 0.25) is 5.91 Å². The molecule has 0 radical (unpaired) electrons. The highest BCUT2D eigenvalue weighted by Gasteiger charge is 2.31. The first-order valence-electron chi connectivity index (χ1n) is 8.07. The molecule has 0 bridgehead atoms. The van der Waals surface area contributed by atoms with Gasteiger partial charge in [-0.3, -0.25) is 9.59 Å². The molecule has 0 unspecified atom stereocenters. The molecule has 1 aliphatic rings. The van der Waals surface area contributed by atoms with E-state index in [2.05, 4.69) is 5.32 Å². The number of esters is 1. The Hall–Kier alpha value is -1.76. The fraction of sp³-hybridized carbons (Fsp3) is 0.750. The Balaban J connectivity index is 2.64. The van der Waals surface area contributed by atoms with Crippen molar-refractivity contribution < 1.29 is 23.9 Å². The van der Waals surface area contributed by atoms with Crippen LogP contribution < -0.4 is 5.32 Å². The van der Waals surface area contributed by atoms with Gasteiger partial charge in [0.15, 0.2) is 5.78 Å². The van der Waals surface area contributed by atoms with E-state index >= 15 is 0 Å². The van der Waals surface area contributed by atoms with Crippen molar-refractivity contribution >= 4 is 23.9 Å². The summed E-state index contributed by atoms with van der Waals surface area (Å²) in [5.41, 5.74) is 0. The molecule has 1 rings (SSSR count). The minimum Gasteiger partial charge on any atom is -0.461 e. The highest BCUT2D eigenvalue weighted by atomic mass is 16.5. The number of hydrogen-bond donors (Lipinski definition) is 2. The number of hydrogen-bond acceptors (Lipinski definition) is 6. The van der Waals surface area contributed by atoms with Gasteiger partial charge in [-0.1, -0.05) is 6.92 Å². The van der Waals surface area contributed by atoms with E-state index in [9.17, 15) is 14.4 Å². The van der Waals surface area contributed by atoms with Gasteiger partial charge in [-0.2, -0.15) is 0 Å². The van der Waals surface area contributed by atoms with Gasteiger partial charge in [0.1, 0.15) is 12.1 Å². The molecule has 7 nitrogen and oxygen atoms in total. The standard InChI is InChI=1S/C16H26N2O5/c1-4-14(23-12-6-7-12)15(20)18-13(8-5-11(19)9-17)16(21)22-10(2)3/h9-10,12-14,17H,4-8H2,1-3H3,(H,18,20)/t13-,14-/m0/s1. The molecule has 0 saturated heterocycles. The molecule has 0 aromatic carbocycles. The maximum absolute atomic E-state index is 12.3. The predicted octanol–water partition coefficient (Wildman–Crippen LogP) is 1.38. The minimum absolute atomic E-state index is 0.00190. The topological polar surface area (TPSA) is 106 Å². The van der Waals surface area contributed by atoms with Gasteiger partial charge in [0, 0.05) is 6.42 Å². The smallest absolute Gasteiger partial charge is 0.328 e. The third-order valence-corrected chi connectivity index (χ3v) is 3.34. The first-order chi connectivity index (χ1) is 10.9. The van der Waals surface area contributed by atoms with Gasteiger partial charge in [-0.15, -0.1) is 0 Å². The number of amides is 1. The first kappa shape index (κ1) is 19.3. The van der Waals surface area contributed by atoms with E-state index in [1.165, 1.54) is 0 Å². The SMILES string of the molecule is CC[C@H](OC1CC1)C(=O)N[C@@H](CCC(=O)C=N)C(=O)OC(C)C. The molecule has 130 valence electrons. The molecule has 0 heterocycles. The lowest BCUT2D eigenvalue weighted by atomic mass is 10.1. The summed E-state index contributed by atoms with van der Waals surface area (Å²) in [5.74, 6) is -1.34. The lowest BCUT2D eigenvalue weighted by molar-refractivity contribution is -0.153. The highest BCUT2D eigenvalue weighted by Crippen LogP contribution is 2.25. The van der Waals surface area contributed by atoms with Gasteiger partial charge in [-0.25, -0.2) is 4.79 Å². The molecule has 0 aromatic heterocycles. The number of ether oxygens (including phenoxy) is 2. The van der Waals surface area contributed by atoms with Crippen LogP contribution in [-0.4, -0.2) is 48.2 Å². The number of rotatable bonds is 11. The number of carbonyl (C=O) groups is 3. The lowest BCUT2D eigenvalue weighted by Crippen LogP contribution is -2.47. The number of ketones is 1. The summed E-state index contributed by atoms with van der Waals surface area (Å²) in [7, 11) is 0. The highest BCUT2D eigenvalue weighted by molar-refractivity contribution is 6.26. The summed E-state index contributed by atoms with van der Waals surface area (Å²) >= 11 is 0. The van der Waals surface area contributed by atoms with Crippen LogP contribution in [0.1, 0.15) is 52.9 Å². The maximum atomic E-state index is 12.3. The van der Waals surface area contributed by atoms with Gasteiger partial charge >= 0.3 is 5.97 Å². The summed E-state index contributed by atoms with van der Waals surface area (Å²) in [6.45, 7) is 5.27. The Labute approximate surface area is 136 Å². The molecule has 0 spiro atoms. The van der Waals surface area contributed by atoms with Crippen molar-refractivity contribution in [2.45, 2.75) is 77.2 Å². The van der Waals surface area contributed by atoms with Crippen LogP contribution in [-0.2, 0) is 23.9 Å². The van der Waals surface area contributed by atoms with E-state index in [0.717, 1.165) is 12.8 Å². The fourth-order valence-corrected chi connectivity index (χ4v) is 1.97. The molecule has 23 heavy (non-hydrogen) atoms. The van der Waals surface area contributed by atoms with Crippen LogP contribution in [0.5, 0.6) is 0 Å². The Morgan fingerprint density at radius 3 is 2.43 bits per heavy atom. The quantitative estimate of drug-likeness (QED) is 0.441. The van der Waals surface area contributed by atoms with Crippen molar-refractivity contribution in [3.63, 3.8) is 0 Å². The van der Waals surface area contributed by atoms with Crippen LogP contribution in [0, 0.1) is 5.41 Å². The van der Waals surface area contributed by atoms with Crippen LogP contribution >= 0.6 is 0 Å². The molecule has 1 saturated carbocycles. The van der Waals surface area contributed by atoms with E-state index in [1.807, 2.05) is 6.92 Å². The van der Waals surface area contributed by atoms with Crippen molar-refractivity contribution in [3.8, 4) is 0 Å². The van der Waals surface area contributed by atoms with Crippen LogP contribution in [0.25, 0.3) is 0 Å². The summed E-state index contributed by atoms with van der Waals surface area (Å²) in [4.78, 5) is 35.6. The van der Waals surface area contributed by atoms with Crippen molar-refractivity contribution in [2.24, 2.45) is 0 Å². The van der Waals surface area contributed by atoms with E-state index in [-0.39, 0.29) is 31.0 Å². The second kappa shape index (κ2) is 9.39. The summed E-state index contributed by atoms with van der Waals surface area (Å²) in [5, 5.41) is 9.52. The number of nitrogens with one attached hydrogen (secondary N) is 2. The predicted molar refractivity (Wildman–Crippen MR) is 84.4 cm³/mol. The van der Waals surface area contributed by atoms with Crippen molar-refractivity contribution in [1.82, 2.24) is 5.32 Å². The Kier molecular flexibility index (Phi) is 7.88. The molecule has 0 aliphatic heterocycles. The fourth-order valence-electron chi connectivity index (χ4n) is 1.97. The zero-order chi connectivity index (χ0) is 17.4. The van der Waals surface area contributed by atoms with Crippen molar-refractivity contribution in [1.29, 1.82) is 5.41 Å². The first-order valence-corrected chi connectivity index (χ1v) is 8.07. The lowest BCUT2D eigenvalue weighted by Gasteiger charge is -2.22. The summed E-state index contributed by atoms with van der Waals surface area (Å²) in [6, 6.07) is -0.911. The van der Waals surface area contributed by atoms with E-state index in [4.69, 9.17) is 14.9 Å². The molecule has 1 fully saturated rings. The normalized spacial score (nSPS) is 16.5. The Morgan fingerprint density at radius 1 is 1.30 bits per heavy atom. The van der Waals surface area contributed by atoms with Gasteiger partial charge in [0.25, 0.3) is 0 Å². The zero-order valence-electron chi connectivity index (χ0n) is 14.0. The molecular formula is C16H26N2O5. The van der Waals surface area contributed by atoms with E-state index in [0.29, 0.717) is 12.6 Å². The molecule has 7 heteroatoms. The van der Waals surface area contributed by atoms with Crippen LogP contribution in [0.2, 0.25) is 0 Å². The maximum Gasteiger partial charge on any atom is 0.328 e. The number of Topliss-reactive ketones (excluding diaryl/α,β-unsaturated/α-hetero) is 1. The number of carbonyl (C=O) groups excluding carboxylic acids is 3. The average molecular weight is 326 g/mol. The Bertz CT molecular complexity index is 446. The van der Waals surface area contributed by atoms with Crippen LogP contribution in [0.4, 0.5) is 0 Å². The van der Waals surface area contributed by atoms with Crippen LogP contribution in [0.15, 0.2) is 0 Å². The third-order valence-electron chi connectivity index (χ3n) is 3.34. The summed E-state index contributed by atoms with van der Waals surface area (Å²) < 4.78 is 10.7. The Morgan fingerprint density at radius 2 is 1.96 bits per heavy atom. The van der Waals surface area contributed by atoms with E-state index < -0.39 is 23.9 Å². The van der Waals surface area contributed by atoms with Crippen molar-refractivity contribution in [3.05, 3.63) is 0 Å². The van der Waals surface area contributed by atoms with Gasteiger partial charge in [-0.05, 0) is 39.5 Å². The molecule has 1 amide bonds. The molecule has 2 atom stereocenters. The van der Waals surface area contributed by atoms with Gasteiger partial charge in [0.05, 0.1) is 18.4 Å². The van der Waals surface area contributed by atoms with Gasteiger partial charge < -0.3 is 20.2 Å². The second-order valence-corrected chi connectivity index (χ2v) is 5.93. The van der Waals surface area contributed by atoms with Crippen LogP contribution in [0.3, 0.4) is 0 Å². The molecule has 1 aliphatic carbocycles. The molecule has 0 aromatic rings. The zero-order valence-corrected chi connectivity index (χ0v) is 14.0. The molecular weight excluding hydrogens is 300 g/mol.